The summed E-state index contributed by atoms with van der Waals surface area (Å²) in [6.45, 7) is 7.17. The van der Waals surface area contributed by atoms with Gasteiger partial charge < -0.3 is 24.6 Å². The van der Waals surface area contributed by atoms with E-state index in [2.05, 4.69) is 39.2 Å². The third kappa shape index (κ3) is 6.84. The zero-order valence-electron chi connectivity index (χ0n) is 16.7. The number of aliphatic imine (C=N–C) groups is 1. The molecule has 26 heavy (non-hydrogen) atoms. The van der Waals surface area contributed by atoms with Gasteiger partial charge in [0.05, 0.1) is 6.10 Å². The second kappa shape index (κ2) is 11.0. The smallest absolute Gasteiger partial charge is 0.193 e. The first-order valence-corrected chi connectivity index (χ1v) is 9.56. The lowest BCUT2D eigenvalue weighted by Gasteiger charge is -2.34. The quantitative estimate of drug-likeness (QED) is 0.568. The Bertz CT molecular complexity index is 554. The first-order valence-electron chi connectivity index (χ1n) is 9.56. The number of benzene rings is 1. The minimum absolute atomic E-state index is 0.394. The third-order valence-electron chi connectivity index (χ3n) is 4.51. The van der Waals surface area contributed by atoms with Crippen LogP contribution in [0, 0.1) is 0 Å². The lowest BCUT2D eigenvalue weighted by molar-refractivity contribution is 0.0263. The summed E-state index contributed by atoms with van der Waals surface area (Å²) in [6, 6.07) is 8.25. The van der Waals surface area contributed by atoms with Gasteiger partial charge in [-0.2, -0.15) is 0 Å². The summed E-state index contributed by atoms with van der Waals surface area (Å²) in [7, 11) is 5.94. The molecule has 1 N–H and O–H groups in total. The summed E-state index contributed by atoms with van der Waals surface area (Å²) < 4.78 is 11.5. The topological polar surface area (TPSA) is 49.3 Å². The third-order valence-corrected chi connectivity index (χ3v) is 4.51. The number of ether oxygens (including phenoxy) is 2. The van der Waals surface area contributed by atoms with E-state index >= 15 is 0 Å². The molecule has 0 unspecified atom stereocenters. The van der Waals surface area contributed by atoms with Crippen LogP contribution >= 0.6 is 0 Å². The molecule has 1 aromatic carbocycles. The molecule has 0 spiro atoms. The van der Waals surface area contributed by atoms with Crippen molar-refractivity contribution in [2.75, 3.05) is 54.0 Å². The summed E-state index contributed by atoms with van der Waals surface area (Å²) in [6.07, 6.45) is 2.51. The molecule has 6 heteroatoms. The Morgan fingerprint density at radius 3 is 2.73 bits per heavy atom. The fourth-order valence-corrected chi connectivity index (χ4v) is 3.07. The highest BCUT2D eigenvalue weighted by Gasteiger charge is 2.21. The van der Waals surface area contributed by atoms with Crippen LogP contribution in [0.15, 0.2) is 29.3 Å². The molecule has 0 atom stereocenters. The predicted molar refractivity (Wildman–Crippen MR) is 107 cm³/mol. The lowest BCUT2D eigenvalue weighted by Crippen LogP contribution is -2.46. The number of hydrogen-bond acceptors (Lipinski definition) is 4. The van der Waals surface area contributed by atoms with Crippen molar-refractivity contribution in [1.82, 2.24) is 15.1 Å². The minimum Gasteiger partial charge on any atom is -0.492 e. The monoisotopic (exact) mass is 362 g/mol. The van der Waals surface area contributed by atoms with Crippen LogP contribution in [-0.4, -0.2) is 75.9 Å². The molecule has 1 aliphatic rings. The lowest BCUT2D eigenvalue weighted by atomic mass is 10.1. The van der Waals surface area contributed by atoms with Crippen LogP contribution in [0.2, 0.25) is 0 Å². The summed E-state index contributed by atoms with van der Waals surface area (Å²) >= 11 is 0. The van der Waals surface area contributed by atoms with Crippen molar-refractivity contribution in [2.24, 2.45) is 4.99 Å². The van der Waals surface area contributed by atoms with E-state index in [-0.39, 0.29) is 0 Å². The second-order valence-electron chi connectivity index (χ2n) is 6.84. The Morgan fingerprint density at radius 2 is 2.08 bits per heavy atom. The van der Waals surface area contributed by atoms with Crippen LogP contribution in [0.1, 0.15) is 25.3 Å². The average Bonchev–Trinajstić information content (AvgIpc) is 2.64. The van der Waals surface area contributed by atoms with Gasteiger partial charge in [0.25, 0.3) is 0 Å². The maximum atomic E-state index is 5.82. The molecular weight excluding hydrogens is 328 g/mol. The highest BCUT2D eigenvalue weighted by atomic mass is 16.5. The predicted octanol–water partition coefficient (Wildman–Crippen LogP) is 2.20. The van der Waals surface area contributed by atoms with Crippen molar-refractivity contribution in [3.05, 3.63) is 29.8 Å². The molecule has 146 valence electrons. The molecule has 1 heterocycles. The van der Waals surface area contributed by atoms with Gasteiger partial charge >= 0.3 is 0 Å². The number of nitrogens with zero attached hydrogens (tertiary/aromatic N) is 3. The highest BCUT2D eigenvalue weighted by Crippen LogP contribution is 2.15. The van der Waals surface area contributed by atoms with Crippen molar-refractivity contribution in [1.29, 1.82) is 0 Å². The highest BCUT2D eigenvalue weighted by molar-refractivity contribution is 5.80. The van der Waals surface area contributed by atoms with Gasteiger partial charge in [0.2, 0.25) is 0 Å². The molecular formula is C20H34N4O2. The average molecular weight is 363 g/mol. The Labute approximate surface area is 158 Å². The molecule has 0 bridgehead atoms. The van der Waals surface area contributed by atoms with E-state index in [1.165, 1.54) is 5.56 Å². The van der Waals surface area contributed by atoms with E-state index in [4.69, 9.17) is 9.47 Å². The van der Waals surface area contributed by atoms with Gasteiger partial charge in [-0.05, 0) is 51.6 Å². The molecule has 0 radical (unpaired) electrons. The second-order valence-corrected chi connectivity index (χ2v) is 6.84. The maximum absolute atomic E-state index is 5.82. The van der Waals surface area contributed by atoms with Crippen LogP contribution in [-0.2, 0) is 11.3 Å². The molecule has 1 aromatic rings. The molecule has 0 amide bonds. The fraction of sp³-hybridized carbons (Fsp3) is 0.650. The number of rotatable bonds is 8. The van der Waals surface area contributed by atoms with Gasteiger partial charge in [-0.25, -0.2) is 0 Å². The Morgan fingerprint density at radius 1 is 1.31 bits per heavy atom. The number of guanidine groups is 1. The van der Waals surface area contributed by atoms with Crippen LogP contribution in [0.25, 0.3) is 0 Å². The Balaban J connectivity index is 1.81. The number of likely N-dealkylation sites (N-methyl/N-ethyl adjacent to an activating group) is 1. The van der Waals surface area contributed by atoms with Gasteiger partial charge in [-0.1, -0.05) is 12.1 Å². The van der Waals surface area contributed by atoms with Gasteiger partial charge in [0.1, 0.15) is 12.4 Å². The van der Waals surface area contributed by atoms with Gasteiger partial charge in [0.15, 0.2) is 5.96 Å². The Hall–Kier alpha value is -1.79. The molecule has 2 rings (SSSR count). The van der Waals surface area contributed by atoms with Crippen molar-refractivity contribution in [3.63, 3.8) is 0 Å². The first-order chi connectivity index (χ1) is 12.6. The number of likely N-dealkylation sites (tertiary alicyclic amines) is 1. The van der Waals surface area contributed by atoms with Crippen LogP contribution in [0.5, 0.6) is 5.75 Å². The fourth-order valence-electron chi connectivity index (χ4n) is 3.07. The standard InChI is InChI=1S/C20H34N4O2/c1-5-25-18-9-11-24(12-10-18)20(21-2)22-16-17-7-6-8-19(15-17)26-14-13-23(3)4/h6-8,15,18H,5,9-14,16H2,1-4H3,(H,21,22). The number of hydrogen-bond donors (Lipinski definition) is 1. The SMILES string of the molecule is CCOC1CCN(C(=NC)NCc2cccc(OCCN(C)C)c2)CC1. The van der Waals surface area contributed by atoms with Crippen LogP contribution in [0.3, 0.4) is 0 Å². The van der Waals surface area contributed by atoms with E-state index in [1.807, 2.05) is 33.3 Å². The van der Waals surface area contributed by atoms with Crippen molar-refractivity contribution >= 4 is 5.96 Å². The zero-order valence-corrected chi connectivity index (χ0v) is 16.7. The summed E-state index contributed by atoms with van der Waals surface area (Å²) in [5, 5.41) is 3.48. The normalized spacial score (nSPS) is 16.2. The van der Waals surface area contributed by atoms with Crippen LogP contribution in [0.4, 0.5) is 0 Å². The largest absolute Gasteiger partial charge is 0.492 e. The Kier molecular flexibility index (Phi) is 8.71. The molecule has 1 saturated heterocycles. The van der Waals surface area contributed by atoms with Crippen LogP contribution < -0.4 is 10.1 Å². The van der Waals surface area contributed by atoms with E-state index in [9.17, 15) is 0 Å². The maximum Gasteiger partial charge on any atom is 0.193 e. The summed E-state index contributed by atoms with van der Waals surface area (Å²) in [5.74, 6) is 1.87. The molecule has 1 fully saturated rings. The van der Waals surface area contributed by atoms with Crippen molar-refractivity contribution in [2.45, 2.75) is 32.4 Å². The molecule has 0 saturated carbocycles. The van der Waals surface area contributed by atoms with E-state index in [1.54, 1.807) is 0 Å². The van der Waals surface area contributed by atoms with Gasteiger partial charge in [-0.3, -0.25) is 4.99 Å². The summed E-state index contributed by atoms with van der Waals surface area (Å²) in [5.41, 5.74) is 1.19. The van der Waals surface area contributed by atoms with Gasteiger partial charge in [0, 0.05) is 39.8 Å². The minimum atomic E-state index is 0.394. The zero-order chi connectivity index (χ0) is 18.8. The summed E-state index contributed by atoms with van der Waals surface area (Å²) in [4.78, 5) is 8.87. The molecule has 0 aliphatic carbocycles. The first kappa shape index (κ1) is 20.5. The molecule has 6 nitrogen and oxygen atoms in total. The van der Waals surface area contributed by atoms with Gasteiger partial charge in [-0.15, -0.1) is 0 Å². The number of nitrogens with one attached hydrogen (secondary N) is 1. The number of piperidine rings is 1. The van der Waals surface area contributed by atoms with E-state index in [0.717, 1.165) is 57.3 Å². The molecule has 1 aliphatic heterocycles. The van der Waals surface area contributed by atoms with Crippen molar-refractivity contribution in [3.8, 4) is 5.75 Å². The molecule has 0 aromatic heterocycles. The van der Waals surface area contributed by atoms with E-state index in [0.29, 0.717) is 12.7 Å². The van der Waals surface area contributed by atoms with E-state index < -0.39 is 0 Å². The van der Waals surface area contributed by atoms with Crippen molar-refractivity contribution < 1.29 is 9.47 Å².